The Balaban J connectivity index is 1.58. The Kier molecular flexibility index (Phi) is 6.88. The van der Waals surface area contributed by atoms with Gasteiger partial charge in [-0.1, -0.05) is 60.7 Å². The van der Waals surface area contributed by atoms with E-state index in [1.807, 2.05) is 86.6 Å². The Hall–Kier alpha value is -4.58. The third-order valence-electron chi connectivity index (χ3n) is 6.64. The summed E-state index contributed by atoms with van der Waals surface area (Å²) >= 11 is 0. The van der Waals surface area contributed by atoms with Crippen LogP contribution in [-0.4, -0.2) is 34.9 Å². The van der Waals surface area contributed by atoms with Crippen molar-refractivity contribution < 1.29 is 24.2 Å². The molecule has 1 unspecified atom stereocenters. The van der Waals surface area contributed by atoms with Crippen molar-refractivity contribution in [2.24, 2.45) is 0 Å². The van der Waals surface area contributed by atoms with Crippen LogP contribution >= 0.6 is 0 Å². The van der Waals surface area contributed by atoms with E-state index in [-0.39, 0.29) is 24.0 Å². The number of fused-ring (bicyclic) bond motifs is 1. The van der Waals surface area contributed by atoms with Crippen molar-refractivity contribution in [3.63, 3.8) is 0 Å². The Morgan fingerprint density at radius 3 is 2.18 bits per heavy atom. The molecule has 1 N–H and O–H groups in total. The van der Waals surface area contributed by atoms with Gasteiger partial charge in [-0.15, -0.1) is 0 Å². The number of amides is 1. The lowest BCUT2D eigenvalue weighted by molar-refractivity contribution is -0.140. The second-order valence-electron chi connectivity index (χ2n) is 9.57. The van der Waals surface area contributed by atoms with E-state index in [1.54, 1.807) is 25.3 Å². The predicted molar refractivity (Wildman–Crippen MR) is 147 cm³/mol. The normalized spacial score (nSPS) is 16.8. The standard InChI is InChI=1S/C32H29NO5/c1-20(2)38-27-14-8-21(9-15-27)19-33-29(23-12-16-26(37-3)17-13-23)28(31(35)32(33)36)30(34)25-11-10-22-6-4-5-7-24(22)18-25/h4-18,20,29,34H,19H2,1-3H3/b30-28-. The van der Waals surface area contributed by atoms with Crippen molar-refractivity contribution >= 4 is 28.2 Å². The van der Waals surface area contributed by atoms with E-state index in [4.69, 9.17) is 9.47 Å². The third-order valence-corrected chi connectivity index (χ3v) is 6.64. The number of aliphatic hydroxyl groups excluding tert-OH is 1. The van der Waals surface area contributed by atoms with Crippen molar-refractivity contribution in [3.8, 4) is 11.5 Å². The lowest BCUT2D eigenvalue weighted by Crippen LogP contribution is -2.29. The van der Waals surface area contributed by atoms with Gasteiger partial charge in [-0.3, -0.25) is 9.59 Å². The maximum atomic E-state index is 13.4. The Morgan fingerprint density at radius 2 is 1.53 bits per heavy atom. The smallest absolute Gasteiger partial charge is 0.295 e. The largest absolute Gasteiger partial charge is 0.507 e. The molecule has 1 fully saturated rings. The van der Waals surface area contributed by atoms with Crippen LogP contribution in [0.1, 0.15) is 36.6 Å². The van der Waals surface area contributed by atoms with Crippen LogP contribution in [0.25, 0.3) is 16.5 Å². The van der Waals surface area contributed by atoms with E-state index in [2.05, 4.69) is 0 Å². The van der Waals surface area contributed by atoms with Crippen molar-refractivity contribution in [1.29, 1.82) is 0 Å². The molecular formula is C32H29NO5. The molecule has 6 heteroatoms. The number of hydrogen-bond donors (Lipinski definition) is 1. The number of benzene rings is 4. The summed E-state index contributed by atoms with van der Waals surface area (Å²) in [6.07, 6.45) is 0.0452. The summed E-state index contributed by atoms with van der Waals surface area (Å²) in [6, 6.07) is 27.2. The lowest BCUT2D eigenvalue weighted by atomic mass is 9.94. The average Bonchev–Trinajstić information content (AvgIpc) is 3.18. The van der Waals surface area contributed by atoms with E-state index >= 15 is 0 Å². The van der Waals surface area contributed by atoms with Crippen molar-refractivity contribution in [2.45, 2.75) is 32.5 Å². The summed E-state index contributed by atoms with van der Waals surface area (Å²) in [4.78, 5) is 28.3. The zero-order chi connectivity index (χ0) is 26.8. The molecule has 6 nitrogen and oxygen atoms in total. The average molecular weight is 508 g/mol. The van der Waals surface area contributed by atoms with Gasteiger partial charge in [-0.05, 0) is 66.1 Å². The zero-order valence-corrected chi connectivity index (χ0v) is 21.5. The molecule has 4 aromatic rings. The van der Waals surface area contributed by atoms with Gasteiger partial charge >= 0.3 is 0 Å². The Labute approximate surface area is 221 Å². The summed E-state index contributed by atoms with van der Waals surface area (Å²) in [5.74, 6) is -0.181. The molecule has 0 saturated carbocycles. The highest BCUT2D eigenvalue weighted by molar-refractivity contribution is 6.46. The van der Waals surface area contributed by atoms with Gasteiger partial charge in [0.25, 0.3) is 11.7 Å². The van der Waals surface area contributed by atoms with E-state index < -0.39 is 17.7 Å². The zero-order valence-electron chi connectivity index (χ0n) is 21.5. The Morgan fingerprint density at radius 1 is 0.868 bits per heavy atom. The molecule has 0 aliphatic carbocycles. The maximum absolute atomic E-state index is 13.4. The highest BCUT2D eigenvalue weighted by Crippen LogP contribution is 2.41. The fourth-order valence-electron chi connectivity index (χ4n) is 4.81. The van der Waals surface area contributed by atoms with Crippen LogP contribution in [0.4, 0.5) is 0 Å². The van der Waals surface area contributed by atoms with Crippen LogP contribution in [0.5, 0.6) is 11.5 Å². The lowest BCUT2D eigenvalue weighted by Gasteiger charge is -2.25. The van der Waals surface area contributed by atoms with Crippen LogP contribution in [0.3, 0.4) is 0 Å². The first-order chi connectivity index (χ1) is 18.4. The molecule has 4 aromatic carbocycles. The van der Waals surface area contributed by atoms with Crippen molar-refractivity contribution in [3.05, 3.63) is 113 Å². The quantitative estimate of drug-likeness (QED) is 0.182. The van der Waals surface area contributed by atoms with Crippen LogP contribution in [-0.2, 0) is 16.1 Å². The number of ketones is 1. The molecule has 1 heterocycles. The van der Waals surface area contributed by atoms with E-state index in [9.17, 15) is 14.7 Å². The number of carbonyl (C=O) groups is 2. The van der Waals surface area contributed by atoms with Gasteiger partial charge in [0.2, 0.25) is 0 Å². The summed E-state index contributed by atoms with van der Waals surface area (Å²) in [5.41, 5.74) is 2.09. The molecule has 1 aliphatic rings. The van der Waals surface area contributed by atoms with Gasteiger partial charge in [0.15, 0.2) is 0 Å². The summed E-state index contributed by atoms with van der Waals surface area (Å²) < 4.78 is 11.0. The number of carbonyl (C=O) groups excluding carboxylic acids is 2. The molecule has 0 radical (unpaired) electrons. The first-order valence-electron chi connectivity index (χ1n) is 12.5. The second kappa shape index (κ2) is 10.4. The van der Waals surface area contributed by atoms with Crippen molar-refractivity contribution in [1.82, 2.24) is 4.90 Å². The molecule has 192 valence electrons. The summed E-state index contributed by atoms with van der Waals surface area (Å²) in [5, 5.41) is 13.4. The van der Waals surface area contributed by atoms with Gasteiger partial charge in [0, 0.05) is 12.1 Å². The molecular weight excluding hydrogens is 478 g/mol. The summed E-state index contributed by atoms with van der Waals surface area (Å²) in [6.45, 7) is 4.10. The first-order valence-corrected chi connectivity index (χ1v) is 12.5. The third kappa shape index (κ3) is 4.85. The monoisotopic (exact) mass is 507 g/mol. The van der Waals surface area contributed by atoms with E-state index in [0.29, 0.717) is 16.9 Å². The fraction of sp³-hybridized carbons (Fsp3) is 0.188. The van der Waals surface area contributed by atoms with Gasteiger partial charge in [-0.2, -0.15) is 0 Å². The number of Topliss-reactive ketones (excluding diaryl/α,β-unsaturated/α-hetero) is 1. The minimum absolute atomic E-state index is 0.0452. The van der Waals surface area contributed by atoms with Crippen LogP contribution in [0.15, 0.2) is 96.6 Å². The number of likely N-dealkylation sites (tertiary alicyclic amines) is 1. The fourth-order valence-corrected chi connectivity index (χ4v) is 4.81. The topological polar surface area (TPSA) is 76.1 Å². The molecule has 1 aliphatic heterocycles. The highest BCUT2D eigenvalue weighted by atomic mass is 16.5. The molecule has 5 rings (SSSR count). The van der Waals surface area contributed by atoms with Gasteiger partial charge < -0.3 is 19.5 Å². The number of hydrogen-bond acceptors (Lipinski definition) is 5. The minimum Gasteiger partial charge on any atom is -0.507 e. The van der Waals surface area contributed by atoms with Gasteiger partial charge in [0.1, 0.15) is 17.3 Å². The van der Waals surface area contributed by atoms with Crippen LogP contribution in [0, 0.1) is 0 Å². The summed E-state index contributed by atoms with van der Waals surface area (Å²) in [7, 11) is 1.58. The number of methoxy groups -OCH3 is 1. The number of ether oxygens (including phenoxy) is 2. The Bertz CT molecular complexity index is 1520. The van der Waals surface area contributed by atoms with Gasteiger partial charge in [-0.25, -0.2) is 0 Å². The minimum atomic E-state index is -0.765. The number of nitrogens with zero attached hydrogens (tertiary/aromatic N) is 1. The number of aliphatic hydroxyl groups is 1. The molecule has 1 saturated heterocycles. The SMILES string of the molecule is COc1ccc(C2/C(=C(/O)c3ccc4ccccc4c3)C(=O)C(=O)N2Cc2ccc(OC(C)C)cc2)cc1. The van der Waals surface area contributed by atoms with Crippen LogP contribution in [0.2, 0.25) is 0 Å². The van der Waals surface area contributed by atoms with Crippen molar-refractivity contribution in [2.75, 3.05) is 7.11 Å². The predicted octanol–water partition coefficient (Wildman–Crippen LogP) is 6.26. The molecule has 1 amide bonds. The molecule has 0 spiro atoms. The molecule has 0 bridgehead atoms. The van der Waals surface area contributed by atoms with Crippen LogP contribution < -0.4 is 9.47 Å². The molecule has 0 aromatic heterocycles. The maximum Gasteiger partial charge on any atom is 0.295 e. The molecule has 38 heavy (non-hydrogen) atoms. The first kappa shape index (κ1) is 25.1. The van der Waals surface area contributed by atoms with E-state index in [0.717, 1.165) is 22.1 Å². The molecule has 1 atom stereocenters. The number of rotatable bonds is 7. The second-order valence-corrected chi connectivity index (χ2v) is 9.57. The highest BCUT2D eigenvalue weighted by Gasteiger charge is 2.46. The van der Waals surface area contributed by atoms with Gasteiger partial charge in [0.05, 0.1) is 24.8 Å². The van der Waals surface area contributed by atoms with E-state index in [1.165, 1.54) is 4.90 Å².